The number of carbonyl (C=O) groups is 11. The number of ether oxygens (including phenoxy) is 7. The van der Waals surface area contributed by atoms with Crippen molar-refractivity contribution in [2.75, 3.05) is 79.0 Å². The van der Waals surface area contributed by atoms with Crippen LogP contribution in [0.3, 0.4) is 0 Å². The van der Waals surface area contributed by atoms with Crippen molar-refractivity contribution in [2.45, 2.75) is 286 Å². The van der Waals surface area contributed by atoms with Crippen LogP contribution in [0.4, 0.5) is 14.4 Å². The SMILES string of the molecule is C#CCOCCCN(C(=O)OC(C)(C)C)C(C)C.CC(C)N(CCCOCC#Cc1cccc2c1n(C)c(=O)n2C1CCC(=O)NC1=O)C(=O)OC(C)(C)C.CC(C)N(CCCOCCCc1cccc2c1n(C)c(=O)n2C1CCC(=O)NC1=O)C(=O)OC(C)(C)C.CC(C)NCCCOCCCc1cccc2c1n(C)c(=O)n2C1CCC(=O)NC1=O.Cn1c(=O)n(C2CCC(=O)NC2=O)c2cccc(Br)c21.P. The Labute approximate surface area is 847 Å². The second kappa shape index (κ2) is 54.7. The van der Waals surface area contributed by atoms with E-state index in [0.717, 1.165) is 82.9 Å². The van der Waals surface area contributed by atoms with Gasteiger partial charge in [0.05, 0.1) is 49.7 Å². The Morgan fingerprint density at radius 2 is 0.706 bits per heavy atom. The predicted molar refractivity (Wildman–Crippen MR) is 555 cm³/mol. The van der Waals surface area contributed by atoms with Crippen molar-refractivity contribution in [2.24, 2.45) is 28.2 Å². The summed E-state index contributed by atoms with van der Waals surface area (Å²) in [5.41, 5.74) is 5.73. The van der Waals surface area contributed by atoms with Crippen molar-refractivity contribution in [3.63, 3.8) is 0 Å². The Hall–Kier alpha value is -11.8. The third-order valence-electron chi connectivity index (χ3n) is 23.5. The lowest BCUT2D eigenvalue weighted by Gasteiger charge is -2.30. The molecule has 4 aromatic heterocycles. The van der Waals surface area contributed by atoms with Gasteiger partial charge in [-0.15, -0.1) is 6.42 Å². The Bertz CT molecular complexity index is 6170. The molecule has 8 heterocycles. The van der Waals surface area contributed by atoms with Crippen LogP contribution in [0.2, 0.25) is 0 Å². The van der Waals surface area contributed by atoms with Crippen LogP contribution in [0, 0.1) is 24.2 Å². The summed E-state index contributed by atoms with van der Waals surface area (Å²) in [5, 5.41) is 12.6. The summed E-state index contributed by atoms with van der Waals surface area (Å²) < 4.78 is 51.6. The van der Waals surface area contributed by atoms with Gasteiger partial charge in [0.1, 0.15) is 54.2 Å². The summed E-state index contributed by atoms with van der Waals surface area (Å²) in [4.78, 5) is 188. The van der Waals surface area contributed by atoms with Crippen LogP contribution in [0.15, 0.2) is 96.4 Å². The lowest BCUT2D eigenvalue weighted by atomic mass is 10.0. The van der Waals surface area contributed by atoms with Gasteiger partial charge in [0.25, 0.3) is 0 Å². The number of aryl methyl sites for hydroxylation is 6. The first kappa shape index (κ1) is 118. The summed E-state index contributed by atoms with van der Waals surface area (Å²) in [5.74, 6) is 5.49. The summed E-state index contributed by atoms with van der Waals surface area (Å²) >= 11 is 3.42. The van der Waals surface area contributed by atoms with Gasteiger partial charge in [-0.3, -0.25) is 96.2 Å². The first-order chi connectivity index (χ1) is 67.0. The minimum atomic E-state index is -0.744. The maximum atomic E-state index is 13.0. The number of para-hydroxylation sites is 4. The molecule has 0 radical (unpaired) electrons. The molecule has 784 valence electrons. The van der Waals surface area contributed by atoms with E-state index in [1.807, 2.05) is 158 Å². The molecule has 11 amide bonds. The average Bonchev–Trinajstić information content (AvgIpc) is 1.57. The van der Waals surface area contributed by atoms with E-state index < -0.39 is 64.6 Å². The zero-order valence-electron chi connectivity index (χ0n) is 86.9. The molecule has 143 heavy (non-hydrogen) atoms. The van der Waals surface area contributed by atoms with Crippen molar-refractivity contribution < 1.29 is 85.9 Å². The Morgan fingerprint density at radius 3 is 1.03 bits per heavy atom. The summed E-state index contributed by atoms with van der Waals surface area (Å²) in [6.07, 6.45) is 12.5. The van der Waals surface area contributed by atoms with Crippen LogP contribution >= 0.6 is 25.8 Å². The Kier molecular flexibility index (Phi) is 45.2. The molecule has 5 atom stereocenters. The van der Waals surface area contributed by atoms with E-state index in [1.165, 1.54) is 27.4 Å². The van der Waals surface area contributed by atoms with Gasteiger partial charge in [-0.05, 0) is 251 Å². The third kappa shape index (κ3) is 33.4. The number of benzene rings is 4. The number of amides is 11. The molecule has 38 nitrogen and oxygen atoms in total. The molecule has 0 aliphatic carbocycles. The number of fused-ring (bicyclic) bond motifs is 4. The summed E-state index contributed by atoms with van der Waals surface area (Å²) in [6, 6.07) is 20.2. The molecule has 40 heteroatoms. The Morgan fingerprint density at radius 1 is 0.413 bits per heavy atom. The maximum Gasteiger partial charge on any atom is 0.410 e. The second-order valence-electron chi connectivity index (χ2n) is 39.4. The fraction of sp³-hybridized carbons (Fsp3) is 0.583. The lowest BCUT2D eigenvalue weighted by molar-refractivity contribution is -0.137. The quantitative estimate of drug-likeness (QED) is 0.00822. The highest BCUT2D eigenvalue weighted by Gasteiger charge is 2.38. The number of imide groups is 4. The van der Waals surface area contributed by atoms with E-state index >= 15 is 0 Å². The van der Waals surface area contributed by atoms with Crippen LogP contribution in [-0.4, -0.2) is 237 Å². The van der Waals surface area contributed by atoms with Crippen LogP contribution in [0.1, 0.15) is 248 Å². The molecule has 12 rings (SSSR count). The van der Waals surface area contributed by atoms with E-state index in [-0.39, 0.29) is 131 Å². The van der Waals surface area contributed by atoms with Crippen molar-refractivity contribution in [1.82, 2.24) is 77.8 Å². The Balaban J connectivity index is 0.000000248. The number of halogens is 1. The number of piperidine rings is 4. The number of hydrogen-bond acceptors (Lipinski definition) is 23. The highest BCUT2D eigenvalue weighted by molar-refractivity contribution is 9.10. The van der Waals surface area contributed by atoms with Crippen molar-refractivity contribution in [3.05, 3.63) is 136 Å². The fourth-order valence-corrected chi connectivity index (χ4v) is 17.5. The molecule has 4 aliphatic heterocycles. The third-order valence-corrected chi connectivity index (χ3v) is 24.1. The van der Waals surface area contributed by atoms with Gasteiger partial charge < -0.3 is 53.2 Å². The average molecular weight is 2070 g/mol. The zero-order valence-corrected chi connectivity index (χ0v) is 89.9. The van der Waals surface area contributed by atoms with Gasteiger partial charge in [0.2, 0.25) is 47.3 Å². The molecule has 0 saturated carbocycles. The van der Waals surface area contributed by atoms with Crippen molar-refractivity contribution >= 4 is 135 Å². The summed E-state index contributed by atoms with van der Waals surface area (Å²) in [7, 11) is 6.74. The van der Waals surface area contributed by atoms with E-state index in [1.54, 1.807) is 70.2 Å². The van der Waals surface area contributed by atoms with Gasteiger partial charge >= 0.3 is 41.0 Å². The lowest BCUT2D eigenvalue weighted by Crippen LogP contribution is -2.44. The van der Waals surface area contributed by atoms with Crippen LogP contribution in [0.25, 0.3) is 44.1 Å². The normalized spacial score (nSPS) is 16.1. The minimum absolute atomic E-state index is 0. The molecular weight excluding hydrogens is 1920 g/mol. The number of nitrogens with one attached hydrogen (secondary N) is 5. The topological polar surface area (TPSA) is 430 Å². The molecule has 8 aromatic rings. The first-order valence-electron chi connectivity index (χ1n) is 48.7. The van der Waals surface area contributed by atoms with Gasteiger partial charge in [0, 0.05) is 142 Å². The molecule has 4 aliphatic rings. The standard InChI is InChI=1S/C27H40N4O6.C27H36N4O6.C22H32N4O4.C14H25NO3.C13H12BrN3O3.H3P/c2*1-18(2)30(26(35)37-27(3,4)5)15-9-17-36-16-8-11-19-10-7-12-20-23(19)29(6)25(34)31(20)21-13-14-22(32)28-24(21)33;1-15(2)23-12-6-14-30-13-5-8-16-7-4-9-17-20(16)25(3)22(29)26(17)18-10-11-19(27)24-21(18)28;1-7-10-17-11-8-9-15(12(2)3)13(16)18-14(4,5)6;1-16-11-7(14)3-2-4-8(11)17(13(16)20)9-5-6-10(18)15-12(9)19;/h7,10,12,18,21H,8-9,11,13-17H2,1-6H3,(H,28,32,33);7,10,12,18,21H,9,13-17H2,1-6H3,(H,28,32,33);4,7,9,15,18,23H,5-6,8,10-14H2,1-3H3,(H,24,27,28);1,12H,8-11H2,2-6H3;2-4,9H,5-6H2,1H3,(H,15,18,19);1H3. The highest BCUT2D eigenvalue weighted by atomic mass is 79.9. The second-order valence-corrected chi connectivity index (χ2v) is 40.3. The van der Waals surface area contributed by atoms with Crippen molar-refractivity contribution in [3.8, 4) is 24.2 Å². The molecule has 4 aromatic carbocycles. The molecule has 0 bridgehead atoms. The number of carbonyl (C=O) groups excluding carboxylic acids is 11. The molecule has 4 fully saturated rings. The predicted octanol–water partition coefficient (Wildman–Crippen LogP) is 11.5. The molecule has 5 N–H and O–H groups in total. The maximum absolute atomic E-state index is 13.0. The number of imidazole rings is 4. The number of nitrogens with zero attached hydrogens (tertiary/aromatic N) is 11. The largest absolute Gasteiger partial charge is 0.444 e. The zero-order chi connectivity index (χ0) is 105. The van der Waals surface area contributed by atoms with Crippen LogP contribution in [0.5, 0.6) is 0 Å². The number of hydrogen-bond donors (Lipinski definition) is 5. The number of aromatic nitrogens is 8. The molecule has 5 unspecified atom stereocenters. The van der Waals surface area contributed by atoms with Gasteiger partial charge in [-0.1, -0.05) is 68.0 Å². The smallest absolute Gasteiger partial charge is 0.410 e. The van der Waals surface area contributed by atoms with Gasteiger partial charge in [-0.25, -0.2) is 33.6 Å². The van der Waals surface area contributed by atoms with Crippen LogP contribution in [-0.2, 0) is 113 Å². The molecule has 4 saturated heterocycles. The molecular formula is C103H148BrN16O22P. The van der Waals surface area contributed by atoms with E-state index in [4.69, 9.17) is 39.6 Å². The number of terminal acetylenes is 1. The van der Waals surface area contributed by atoms with E-state index in [2.05, 4.69) is 74.1 Å². The monoisotopic (exact) mass is 2070 g/mol. The summed E-state index contributed by atoms with van der Waals surface area (Å²) in [6.45, 7) is 39.2. The fourth-order valence-electron chi connectivity index (χ4n) is 16.8. The first-order valence-corrected chi connectivity index (χ1v) is 49.5. The van der Waals surface area contributed by atoms with Gasteiger partial charge in [0.15, 0.2) is 0 Å². The number of rotatable bonds is 34. The van der Waals surface area contributed by atoms with Crippen LogP contribution < -0.4 is 49.3 Å². The van der Waals surface area contributed by atoms with E-state index in [0.29, 0.717) is 131 Å². The van der Waals surface area contributed by atoms with Crippen molar-refractivity contribution in [1.29, 1.82) is 0 Å². The van der Waals surface area contributed by atoms with Gasteiger partial charge in [-0.2, -0.15) is 9.90 Å². The molecule has 0 spiro atoms. The van der Waals surface area contributed by atoms with E-state index in [9.17, 15) is 71.9 Å². The minimum Gasteiger partial charge on any atom is -0.444 e. The highest BCUT2D eigenvalue weighted by Crippen LogP contribution is 2.32.